The predicted octanol–water partition coefficient (Wildman–Crippen LogP) is 2.23. The maximum Gasteiger partial charge on any atom is 0.310 e. The van der Waals surface area contributed by atoms with Crippen molar-refractivity contribution in [3.8, 4) is 0 Å². The van der Waals surface area contributed by atoms with E-state index in [2.05, 4.69) is 10.3 Å². The van der Waals surface area contributed by atoms with Gasteiger partial charge in [-0.25, -0.2) is 4.98 Å². The second-order valence-electron chi connectivity index (χ2n) is 4.37. The normalized spacial score (nSPS) is 11.1. The van der Waals surface area contributed by atoms with Crippen molar-refractivity contribution in [2.75, 3.05) is 6.54 Å². The Morgan fingerprint density at radius 1 is 1.44 bits per heavy atom. The number of hydrogen-bond donors (Lipinski definition) is 2. The van der Waals surface area contributed by atoms with Crippen molar-refractivity contribution in [1.29, 1.82) is 0 Å². The van der Waals surface area contributed by atoms with Gasteiger partial charge < -0.3 is 10.4 Å². The number of carboxylic acids is 1. The van der Waals surface area contributed by atoms with E-state index in [0.717, 1.165) is 0 Å². The van der Waals surface area contributed by atoms with E-state index >= 15 is 0 Å². The SMILES string of the molecule is CC(C)(CNC(=O)c1cnc(Cl)c(Cl)c1)C(=O)O. The van der Waals surface area contributed by atoms with Crippen LogP contribution in [-0.2, 0) is 4.79 Å². The molecule has 0 aromatic carbocycles. The summed E-state index contributed by atoms with van der Waals surface area (Å²) in [6, 6.07) is 1.37. The molecule has 98 valence electrons. The number of pyridine rings is 1. The monoisotopic (exact) mass is 290 g/mol. The molecule has 0 fully saturated rings. The van der Waals surface area contributed by atoms with Crippen LogP contribution in [0.25, 0.3) is 0 Å². The molecule has 1 rings (SSSR count). The summed E-state index contributed by atoms with van der Waals surface area (Å²) < 4.78 is 0. The number of rotatable bonds is 4. The molecular formula is C11H12Cl2N2O3. The van der Waals surface area contributed by atoms with E-state index in [9.17, 15) is 9.59 Å². The number of halogens is 2. The van der Waals surface area contributed by atoms with Crippen LogP contribution in [0.2, 0.25) is 10.2 Å². The average molecular weight is 291 g/mol. The molecule has 7 heteroatoms. The number of carbonyl (C=O) groups is 2. The first-order chi connectivity index (χ1) is 8.24. The second kappa shape index (κ2) is 5.54. The largest absolute Gasteiger partial charge is 0.481 e. The summed E-state index contributed by atoms with van der Waals surface area (Å²) in [5, 5.41) is 11.7. The number of carbonyl (C=O) groups excluding carboxylic acids is 1. The van der Waals surface area contributed by atoms with Gasteiger partial charge in [-0.15, -0.1) is 0 Å². The Labute approximate surface area is 114 Å². The van der Waals surface area contributed by atoms with Gasteiger partial charge in [0.1, 0.15) is 5.15 Å². The van der Waals surface area contributed by atoms with Crippen LogP contribution in [0.15, 0.2) is 12.3 Å². The van der Waals surface area contributed by atoms with Gasteiger partial charge in [0.15, 0.2) is 0 Å². The first kappa shape index (κ1) is 14.7. The number of nitrogens with zero attached hydrogens (tertiary/aromatic N) is 1. The average Bonchev–Trinajstić information content (AvgIpc) is 2.29. The molecule has 2 N–H and O–H groups in total. The first-order valence-corrected chi connectivity index (χ1v) is 5.82. The van der Waals surface area contributed by atoms with E-state index in [1.165, 1.54) is 26.1 Å². The molecule has 5 nitrogen and oxygen atoms in total. The molecule has 1 aromatic heterocycles. The molecule has 0 spiro atoms. The van der Waals surface area contributed by atoms with E-state index in [4.69, 9.17) is 28.3 Å². The van der Waals surface area contributed by atoms with Crippen LogP contribution in [0.4, 0.5) is 0 Å². The van der Waals surface area contributed by atoms with Crippen LogP contribution in [0.1, 0.15) is 24.2 Å². The fraction of sp³-hybridized carbons (Fsp3) is 0.364. The van der Waals surface area contributed by atoms with Crippen LogP contribution in [-0.4, -0.2) is 28.5 Å². The van der Waals surface area contributed by atoms with Crippen molar-refractivity contribution in [1.82, 2.24) is 10.3 Å². The molecule has 0 radical (unpaired) electrons. The Balaban J connectivity index is 2.72. The maximum absolute atomic E-state index is 11.7. The van der Waals surface area contributed by atoms with Crippen LogP contribution >= 0.6 is 23.2 Å². The Hall–Kier alpha value is -1.33. The molecule has 0 bridgehead atoms. The topological polar surface area (TPSA) is 79.3 Å². The molecule has 1 heterocycles. The van der Waals surface area contributed by atoms with Gasteiger partial charge in [-0.1, -0.05) is 23.2 Å². The Morgan fingerprint density at radius 2 is 2.06 bits per heavy atom. The minimum absolute atomic E-state index is 0.00140. The highest BCUT2D eigenvalue weighted by atomic mass is 35.5. The molecule has 0 saturated heterocycles. The Bertz CT molecular complexity index is 489. The standard InChI is InChI=1S/C11H12Cl2N2O3/c1-11(2,10(17)18)5-15-9(16)6-3-7(12)8(13)14-4-6/h3-4H,5H2,1-2H3,(H,15,16)(H,17,18). The fourth-order valence-electron chi connectivity index (χ4n) is 1.02. The van der Waals surface area contributed by atoms with E-state index < -0.39 is 17.3 Å². The highest BCUT2D eigenvalue weighted by Crippen LogP contribution is 2.20. The lowest BCUT2D eigenvalue weighted by molar-refractivity contribution is -0.146. The summed E-state index contributed by atoms with van der Waals surface area (Å²) in [6.45, 7) is 3.03. The third kappa shape index (κ3) is 3.58. The summed E-state index contributed by atoms with van der Waals surface area (Å²) in [6.07, 6.45) is 1.28. The minimum Gasteiger partial charge on any atom is -0.481 e. The number of aliphatic carboxylic acids is 1. The van der Waals surface area contributed by atoms with E-state index in [1.807, 2.05) is 0 Å². The summed E-state index contributed by atoms with van der Waals surface area (Å²) in [4.78, 5) is 26.3. The van der Waals surface area contributed by atoms with Gasteiger partial charge in [-0.2, -0.15) is 0 Å². The number of nitrogens with one attached hydrogen (secondary N) is 1. The van der Waals surface area contributed by atoms with Crippen molar-refractivity contribution in [2.45, 2.75) is 13.8 Å². The lowest BCUT2D eigenvalue weighted by atomic mass is 9.94. The quantitative estimate of drug-likeness (QED) is 0.834. The Kier molecular flexibility index (Phi) is 4.53. The zero-order valence-electron chi connectivity index (χ0n) is 9.83. The van der Waals surface area contributed by atoms with E-state index in [0.29, 0.717) is 0 Å². The number of aromatic nitrogens is 1. The van der Waals surface area contributed by atoms with Crippen molar-refractivity contribution in [3.05, 3.63) is 28.0 Å². The van der Waals surface area contributed by atoms with Crippen molar-refractivity contribution < 1.29 is 14.7 Å². The van der Waals surface area contributed by atoms with Gasteiger partial charge in [0.25, 0.3) is 5.91 Å². The van der Waals surface area contributed by atoms with Gasteiger partial charge in [-0.05, 0) is 19.9 Å². The molecule has 1 amide bonds. The van der Waals surface area contributed by atoms with Gasteiger partial charge >= 0.3 is 5.97 Å². The third-order valence-electron chi connectivity index (χ3n) is 2.33. The molecular weight excluding hydrogens is 279 g/mol. The minimum atomic E-state index is -1.04. The highest BCUT2D eigenvalue weighted by molar-refractivity contribution is 6.41. The number of carboxylic acid groups (broad SMARTS) is 1. The molecule has 0 aliphatic carbocycles. The lowest BCUT2D eigenvalue weighted by Crippen LogP contribution is -2.38. The molecule has 0 unspecified atom stereocenters. The van der Waals surface area contributed by atoms with Crippen molar-refractivity contribution >= 4 is 35.1 Å². The molecule has 18 heavy (non-hydrogen) atoms. The molecule has 0 aliphatic rings. The lowest BCUT2D eigenvalue weighted by Gasteiger charge is -2.19. The van der Waals surface area contributed by atoms with Crippen LogP contribution < -0.4 is 5.32 Å². The van der Waals surface area contributed by atoms with Crippen LogP contribution in [0.5, 0.6) is 0 Å². The first-order valence-electron chi connectivity index (χ1n) is 5.06. The molecule has 0 aliphatic heterocycles. The van der Waals surface area contributed by atoms with Gasteiger partial charge in [0.05, 0.1) is 16.0 Å². The number of hydrogen-bond acceptors (Lipinski definition) is 3. The van der Waals surface area contributed by atoms with Gasteiger partial charge in [0.2, 0.25) is 0 Å². The predicted molar refractivity (Wildman–Crippen MR) is 68.0 cm³/mol. The van der Waals surface area contributed by atoms with Crippen LogP contribution in [0, 0.1) is 5.41 Å². The molecule has 1 aromatic rings. The third-order valence-corrected chi connectivity index (χ3v) is 3.01. The maximum atomic E-state index is 11.7. The fourth-order valence-corrected chi connectivity index (χ4v) is 1.29. The summed E-state index contributed by atoms with van der Waals surface area (Å²) in [5.74, 6) is -1.44. The van der Waals surface area contributed by atoms with E-state index in [1.54, 1.807) is 0 Å². The van der Waals surface area contributed by atoms with E-state index in [-0.39, 0.29) is 22.3 Å². The smallest absolute Gasteiger partial charge is 0.310 e. The van der Waals surface area contributed by atoms with Crippen molar-refractivity contribution in [2.24, 2.45) is 5.41 Å². The molecule has 0 atom stereocenters. The zero-order chi connectivity index (χ0) is 13.9. The van der Waals surface area contributed by atoms with Gasteiger partial charge in [-0.3, -0.25) is 9.59 Å². The molecule has 0 saturated carbocycles. The highest BCUT2D eigenvalue weighted by Gasteiger charge is 2.27. The summed E-state index contributed by atoms with van der Waals surface area (Å²) in [5.41, 5.74) is -0.815. The number of amides is 1. The summed E-state index contributed by atoms with van der Waals surface area (Å²) in [7, 11) is 0. The Morgan fingerprint density at radius 3 is 2.56 bits per heavy atom. The second-order valence-corrected chi connectivity index (χ2v) is 5.13. The van der Waals surface area contributed by atoms with Gasteiger partial charge in [0, 0.05) is 12.7 Å². The summed E-state index contributed by atoms with van der Waals surface area (Å²) >= 11 is 11.4. The van der Waals surface area contributed by atoms with Crippen molar-refractivity contribution in [3.63, 3.8) is 0 Å². The zero-order valence-corrected chi connectivity index (χ0v) is 11.3. The van der Waals surface area contributed by atoms with Crippen LogP contribution in [0.3, 0.4) is 0 Å².